The highest BCUT2D eigenvalue weighted by Gasteiger charge is 2.35. The van der Waals surface area contributed by atoms with Crippen molar-refractivity contribution in [1.29, 1.82) is 0 Å². The number of rotatable bonds is 0. The maximum absolute atomic E-state index is 12.6. The molecule has 1 aliphatic heterocycles. The molecular weight excluding hydrogens is 298 g/mol. The first-order valence-electron chi connectivity index (χ1n) is 5.87. The van der Waals surface area contributed by atoms with Crippen LogP contribution in [-0.4, -0.2) is 14.3 Å². The Hall–Kier alpha value is -1.85. The summed E-state index contributed by atoms with van der Waals surface area (Å²) in [5.41, 5.74) is 0.704. The van der Waals surface area contributed by atoms with E-state index < -0.39 is 9.84 Å². The van der Waals surface area contributed by atoms with Gasteiger partial charge in [0.1, 0.15) is 0 Å². The molecule has 1 amide bonds. The molecule has 0 fully saturated rings. The van der Waals surface area contributed by atoms with Gasteiger partial charge in [0.2, 0.25) is 15.7 Å². The number of anilines is 2. The minimum atomic E-state index is -3.67. The van der Waals surface area contributed by atoms with Crippen molar-refractivity contribution in [2.45, 2.75) is 16.7 Å². The zero-order chi connectivity index (χ0) is 14.5. The third-order valence-corrected chi connectivity index (χ3v) is 5.23. The number of nitrogens with zero attached hydrogens (tertiary/aromatic N) is 1. The molecule has 0 atom stereocenters. The van der Waals surface area contributed by atoms with Crippen LogP contribution in [0, 0.1) is 0 Å². The van der Waals surface area contributed by atoms with E-state index in [1.165, 1.54) is 24.0 Å². The third kappa shape index (κ3) is 1.74. The molecule has 20 heavy (non-hydrogen) atoms. The molecule has 1 aliphatic rings. The first kappa shape index (κ1) is 13.1. The predicted molar refractivity (Wildman–Crippen MR) is 76.2 cm³/mol. The fraction of sp³-hybridized carbons (Fsp3) is 0.0714. The predicted octanol–water partition coefficient (Wildman–Crippen LogP) is 3.17. The molecule has 0 saturated heterocycles. The van der Waals surface area contributed by atoms with Crippen molar-refractivity contribution in [3.63, 3.8) is 0 Å². The first-order valence-corrected chi connectivity index (χ1v) is 7.73. The van der Waals surface area contributed by atoms with Gasteiger partial charge in [-0.1, -0.05) is 23.7 Å². The minimum Gasteiger partial charge on any atom is -0.279 e. The van der Waals surface area contributed by atoms with Crippen molar-refractivity contribution in [2.24, 2.45) is 0 Å². The second-order valence-corrected chi connectivity index (χ2v) is 6.76. The molecule has 0 spiro atoms. The highest BCUT2D eigenvalue weighted by Crippen LogP contribution is 2.44. The number of halogens is 1. The fourth-order valence-electron chi connectivity index (χ4n) is 2.34. The number of carbonyl (C=O) groups excluding carboxylic acids is 1. The summed E-state index contributed by atoms with van der Waals surface area (Å²) in [6.45, 7) is 1.40. The third-order valence-electron chi connectivity index (χ3n) is 3.16. The SMILES string of the molecule is CC(=O)N1c2ccccc2S(=O)(=O)c2cc(Cl)ccc21. The zero-order valence-corrected chi connectivity index (χ0v) is 12.1. The molecule has 6 heteroatoms. The van der Waals surface area contributed by atoms with Crippen molar-refractivity contribution >= 4 is 38.7 Å². The normalized spacial score (nSPS) is 15.4. The van der Waals surface area contributed by atoms with Crippen molar-refractivity contribution in [3.05, 3.63) is 47.5 Å². The van der Waals surface area contributed by atoms with E-state index in [1.54, 1.807) is 30.3 Å². The van der Waals surface area contributed by atoms with E-state index in [9.17, 15) is 13.2 Å². The van der Waals surface area contributed by atoms with E-state index in [0.717, 1.165) is 0 Å². The molecule has 0 unspecified atom stereocenters. The van der Waals surface area contributed by atoms with Crippen LogP contribution < -0.4 is 4.90 Å². The van der Waals surface area contributed by atoms with Crippen LogP contribution in [0.5, 0.6) is 0 Å². The van der Waals surface area contributed by atoms with Crippen molar-refractivity contribution < 1.29 is 13.2 Å². The van der Waals surface area contributed by atoms with E-state index >= 15 is 0 Å². The molecule has 0 saturated carbocycles. The molecule has 3 rings (SSSR count). The van der Waals surface area contributed by atoms with Crippen LogP contribution in [0.1, 0.15) is 6.92 Å². The number of hydrogen-bond acceptors (Lipinski definition) is 3. The number of benzene rings is 2. The topological polar surface area (TPSA) is 54.5 Å². The van der Waals surface area contributed by atoms with Gasteiger partial charge in [-0.05, 0) is 30.3 Å². The molecule has 2 aromatic rings. The van der Waals surface area contributed by atoms with Gasteiger partial charge in [-0.25, -0.2) is 8.42 Å². The van der Waals surface area contributed by atoms with Crippen LogP contribution in [0.25, 0.3) is 0 Å². The lowest BCUT2D eigenvalue weighted by molar-refractivity contribution is -0.115. The number of sulfone groups is 1. The standard InChI is InChI=1S/C14H10ClNO3S/c1-9(17)16-11-4-2-3-5-13(11)20(18,19)14-8-10(15)6-7-12(14)16/h2-8H,1H3. The van der Waals surface area contributed by atoms with Gasteiger partial charge in [0.25, 0.3) is 0 Å². The number of fused-ring (bicyclic) bond motifs is 2. The Bertz CT molecular complexity index is 830. The van der Waals surface area contributed by atoms with Crippen LogP contribution in [0.4, 0.5) is 11.4 Å². The molecule has 4 nitrogen and oxygen atoms in total. The molecule has 0 aliphatic carbocycles. The fourth-order valence-corrected chi connectivity index (χ4v) is 4.23. The number of hydrogen-bond donors (Lipinski definition) is 0. The number of amides is 1. The van der Waals surface area contributed by atoms with Crippen molar-refractivity contribution in [3.8, 4) is 0 Å². The van der Waals surface area contributed by atoms with Crippen LogP contribution >= 0.6 is 11.6 Å². The monoisotopic (exact) mass is 307 g/mol. The van der Waals surface area contributed by atoms with E-state index in [-0.39, 0.29) is 15.7 Å². The maximum atomic E-state index is 12.6. The van der Waals surface area contributed by atoms with Gasteiger partial charge in [0, 0.05) is 11.9 Å². The maximum Gasteiger partial charge on any atom is 0.228 e. The lowest BCUT2D eigenvalue weighted by Crippen LogP contribution is -2.29. The lowest BCUT2D eigenvalue weighted by Gasteiger charge is -2.30. The van der Waals surface area contributed by atoms with Gasteiger partial charge < -0.3 is 0 Å². The van der Waals surface area contributed by atoms with E-state index in [4.69, 9.17) is 11.6 Å². The largest absolute Gasteiger partial charge is 0.279 e. The van der Waals surface area contributed by atoms with E-state index in [1.807, 2.05) is 0 Å². The Morgan fingerprint density at radius 3 is 2.40 bits per heavy atom. The van der Waals surface area contributed by atoms with Crippen LogP contribution in [0.15, 0.2) is 52.3 Å². The Morgan fingerprint density at radius 1 is 1.05 bits per heavy atom. The molecule has 0 radical (unpaired) electrons. The average Bonchev–Trinajstić information content (AvgIpc) is 2.40. The summed E-state index contributed by atoms with van der Waals surface area (Å²) in [5, 5.41) is 0.315. The second kappa shape index (κ2) is 4.33. The first-order chi connectivity index (χ1) is 9.43. The second-order valence-electron chi connectivity index (χ2n) is 4.44. The van der Waals surface area contributed by atoms with Gasteiger partial charge >= 0.3 is 0 Å². The van der Waals surface area contributed by atoms with E-state index in [2.05, 4.69) is 0 Å². The van der Waals surface area contributed by atoms with Crippen molar-refractivity contribution in [2.75, 3.05) is 4.90 Å². The summed E-state index contributed by atoms with van der Waals surface area (Å²) >= 11 is 5.89. The summed E-state index contributed by atoms with van der Waals surface area (Å²) < 4.78 is 25.2. The number of para-hydroxylation sites is 1. The molecule has 0 N–H and O–H groups in total. The Labute approximate surface area is 121 Å². The lowest BCUT2D eigenvalue weighted by atomic mass is 10.2. The zero-order valence-electron chi connectivity index (χ0n) is 10.5. The summed E-state index contributed by atoms with van der Waals surface area (Å²) in [4.78, 5) is 13.5. The summed E-state index contributed by atoms with van der Waals surface area (Å²) in [5.74, 6) is -0.254. The quantitative estimate of drug-likeness (QED) is 0.751. The van der Waals surface area contributed by atoms with Crippen LogP contribution in [0.3, 0.4) is 0 Å². The molecule has 0 aromatic heterocycles. The molecule has 0 bridgehead atoms. The Morgan fingerprint density at radius 2 is 1.70 bits per heavy atom. The van der Waals surface area contributed by atoms with E-state index in [0.29, 0.717) is 16.4 Å². The Kier molecular flexibility index (Phi) is 2.84. The molecule has 2 aromatic carbocycles. The van der Waals surface area contributed by atoms with Crippen LogP contribution in [0.2, 0.25) is 5.02 Å². The summed E-state index contributed by atoms with van der Waals surface area (Å²) in [6, 6.07) is 10.9. The van der Waals surface area contributed by atoms with Gasteiger partial charge in [-0.2, -0.15) is 0 Å². The van der Waals surface area contributed by atoms with Crippen LogP contribution in [-0.2, 0) is 14.6 Å². The van der Waals surface area contributed by atoms with Gasteiger partial charge in [-0.15, -0.1) is 0 Å². The number of carbonyl (C=O) groups is 1. The highest BCUT2D eigenvalue weighted by atomic mass is 35.5. The average molecular weight is 308 g/mol. The highest BCUT2D eigenvalue weighted by molar-refractivity contribution is 7.92. The summed E-state index contributed by atoms with van der Waals surface area (Å²) in [7, 11) is -3.67. The van der Waals surface area contributed by atoms with Gasteiger partial charge in [-0.3, -0.25) is 9.69 Å². The minimum absolute atomic E-state index is 0.0545. The Balaban J connectivity index is 2.44. The van der Waals surface area contributed by atoms with Gasteiger partial charge in [0.15, 0.2) is 0 Å². The summed E-state index contributed by atoms with van der Waals surface area (Å²) in [6.07, 6.45) is 0. The molecule has 102 valence electrons. The molecule has 1 heterocycles. The van der Waals surface area contributed by atoms with Gasteiger partial charge in [0.05, 0.1) is 21.2 Å². The molecular formula is C14H10ClNO3S. The smallest absolute Gasteiger partial charge is 0.228 e. The van der Waals surface area contributed by atoms with Crippen molar-refractivity contribution in [1.82, 2.24) is 0 Å².